The van der Waals surface area contributed by atoms with Gasteiger partial charge >= 0.3 is 0 Å². The minimum Gasteiger partial charge on any atom is -0.313 e. The standard InChI is InChI=1S/C14H27N/c1-4-14(3)12-10-8-6-7-9-11(12)13(14)15-5-2/h11-13,15H,4-10H2,1-3H3. The summed E-state index contributed by atoms with van der Waals surface area (Å²) in [6, 6.07) is 0.815. The first kappa shape index (κ1) is 11.4. The van der Waals surface area contributed by atoms with Crippen LogP contribution in [0.3, 0.4) is 0 Å². The van der Waals surface area contributed by atoms with E-state index in [1.165, 1.54) is 38.5 Å². The highest BCUT2D eigenvalue weighted by atomic mass is 15.0. The number of fused-ring (bicyclic) bond motifs is 1. The Bertz CT molecular complexity index is 213. The quantitative estimate of drug-likeness (QED) is 0.749. The Hall–Kier alpha value is -0.0400. The van der Waals surface area contributed by atoms with E-state index >= 15 is 0 Å². The largest absolute Gasteiger partial charge is 0.313 e. The molecule has 0 saturated heterocycles. The van der Waals surface area contributed by atoms with Gasteiger partial charge in [0, 0.05) is 6.04 Å². The third-order valence-electron chi connectivity index (χ3n) is 5.24. The summed E-state index contributed by atoms with van der Waals surface area (Å²) in [6.45, 7) is 8.29. The van der Waals surface area contributed by atoms with E-state index in [9.17, 15) is 0 Å². The molecule has 1 heteroatoms. The maximum atomic E-state index is 3.75. The average Bonchev–Trinajstić information content (AvgIpc) is 2.48. The van der Waals surface area contributed by atoms with E-state index in [1.54, 1.807) is 0 Å². The topological polar surface area (TPSA) is 12.0 Å². The first-order valence-corrected chi connectivity index (χ1v) is 6.97. The molecule has 0 aromatic carbocycles. The van der Waals surface area contributed by atoms with Crippen molar-refractivity contribution in [2.24, 2.45) is 17.3 Å². The predicted molar refractivity (Wildman–Crippen MR) is 65.9 cm³/mol. The van der Waals surface area contributed by atoms with Crippen molar-refractivity contribution in [3.05, 3.63) is 0 Å². The summed E-state index contributed by atoms with van der Waals surface area (Å²) in [5.74, 6) is 2.02. The molecule has 0 bridgehead atoms. The molecule has 0 radical (unpaired) electrons. The van der Waals surface area contributed by atoms with Crippen molar-refractivity contribution in [3.8, 4) is 0 Å². The molecule has 1 nitrogen and oxygen atoms in total. The molecule has 2 fully saturated rings. The van der Waals surface area contributed by atoms with Crippen molar-refractivity contribution in [1.29, 1.82) is 0 Å². The molecule has 4 atom stereocenters. The second-order valence-corrected chi connectivity index (χ2v) is 5.80. The maximum absolute atomic E-state index is 3.75. The third-order valence-corrected chi connectivity index (χ3v) is 5.24. The van der Waals surface area contributed by atoms with Crippen LogP contribution >= 0.6 is 0 Å². The Morgan fingerprint density at radius 3 is 2.53 bits per heavy atom. The monoisotopic (exact) mass is 209 g/mol. The minimum atomic E-state index is 0.602. The van der Waals surface area contributed by atoms with Crippen LogP contribution in [0.5, 0.6) is 0 Å². The van der Waals surface area contributed by atoms with E-state index in [0.717, 1.165) is 24.4 Å². The van der Waals surface area contributed by atoms with E-state index in [-0.39, 0.29) is 0 Å². The summed E-state index contributed by atoms with van der Waals surface area (Å²) in [5, 5.41) is 3.75. The van der Waals surface area contributed by atoms with Gasteiger partial charge in [-0.3, -0.25) is 0 Å². The van der Waals surface area contributed by atoms with Crippen molar-refractivity contribution < 1.29 is 0 Å². The zero-order chi connectivity index (χ0) is 10.9. The van der Waals surface area contributed by atoms with Crippen LogP contribution in [0.2, 0.25) is 0 Å². The summed E-state index contributed by atoms with van der Waals surface area (Å²) in [4.78, 5) is 0. The second kappa shape index (κ2) is 4.45. The number of rotatable bonds is 3. The number of hydrogen-bond acceptors (Lipinski definition) is 1. The van der Waals surface area contributed by atoms with Crippen LogP contribution in [0.1, 0.15) is 59.3 Å². The Balaban J connectivity index is 2.09. The van der Waals surface area contributed by atoms with Gasteiger partial charge in [-0.1, -0.05) is 40.0 Å². The lowest BCUT2D eigenvalue weighted by Gasteiger charge is -2.60. The Kier molecular flexibility index (Phi) is 3.39. The van der Waals surface area contributed by atoms with Crippen molar-refractivity contribution in [2.75, 3.05) is 6.54 Å². The molecule has 0 amide bonds. The van der Waals surface area contributed by atoms with Gasteiger partial charge in [0.2, 0.25) is 0 Å². The fraction of sp³-hybridized carbons (Fsp3) is 1.00. The zero-order valence-corrected chi connectivity index (χ0v) is 10.7. The van der Waals surface area contributed by atoms with Gasteiger partial charge in [0.15, 0.2) is 0 Å². The van der Waals surface area contributed by atoms with Gasteiger partial charge < -0.3 is 5.32 Å². The maximum Gasteiger partial charge on any atom is 0.0154 e. The third kappa shape index (κ3) is 1.73. The molecule has 2 rings (SSSR count). The van der Waals surface area contributed by atoms with E-state index in [0.29, 0.717) is 5.41 Å². The fourth-order valence-corrected chi connectivity index (χ4v) is 4.24. The number of nitrogens with one attached hydrogen (secondary N) is 1. The van der Waals surface area contributed by atoms with Crippen LogP contribution in [0.15, 0.2) is 0 Å². The Labute approximate surface area is 95.0 Å². The molecule has 1 N–H and O–H groups in total. The second-order valence-electron chi connectivity index (χ2n) is 5.80. The molecular weight excluding hydrogens is 182 g/mol. The van der Waals surface area contributed by atoms with Crippen molar-refractivity contribution >= 4 is 0 Å². The lowest BCUT2D eigenvalue weighted by atomic mass is 9.48. The molecule has 15 heavy (non-hydrogen) atoms. The highest BCUT2D eigenvalue weighted by Crippen LogP contribution is 2.58. The lowest BCUT2D eigenvalue weighted by Crippen LogP contribution is -2.64. The first-order chi connectivity index (χ1) is 7.24. The van der Waals surface area contributed by atoms with Crippen molar-refractivity contribution in [3.63, 3.8) is 0 Å². The molecule has 2 aliphatic rings. The minimum absolute atomic E-state index is 0.602. The average molecular weight is 209 g/mol. The summed E-state index contributed by atoms with van der Waals surface area (Å²) >= 11 is 0. The highest BCUT2D eigenvalue weighted by molar-refractivity contribution is 5.09. The predicted octanol–water partition coefficient (Wildman–Crippen LogP) is 3.59. The summed E-state index contributed by atoms with van der Waals surface area (Å²) in [7, 11) is 0. The smallest absolute Gasteiger partial charge is 0.0154 e. The van der Waals surface area contributed by atoms with Gasteiger partial charge in [-0.2, -0.15) is 0 Å². The van der Waals surface area contributed by atoms with Gasteiger partial charge in [-0.05, 0) is 43.1 Å². The molecule has 2 aliphatic carbocycles. The summed E-state index contributed by atoms with van der Waals surface area (Å²) < 4.78 is 0. The summed E-state index contributed by atoms with van der Waals surface area (Å²) in [5.41, 5.74) is 0.602. The molecule has 0 aromatic heterocycles. The Morgan fingerprint density at radius 1 is 1.13 bits per heavy atom. The molecule has 0 spiro atoms. The van der Waals surface area contributed by atoms with Crippen LogP contribution in [0.4, 0.5) is 0 Å². The zero-order valence-electron chi connectivity index (χ0n) is 10.7. The molecular formula is C14H27N. The Morgan fingerprint density at radius 2 is 1.87 bits per heavy atom. The van der Waals surface area contributed by atoms with Crippen molar-refractivity contribution in [1.82, 2.24) is 5.32 Å². The van der Waals surface area contributed by atoms with E-state index in [1.807, 2.05) is 0 Å². The van der Waals surface area contributed by atoms with Crippen LogP contribution in [0.25, 0.3) is 0 Å². The van der Waals surface area contributed by atoms with E-state index in [4.69, 9.17) is 0 Å². The van der Waals surface area contributed by atoms with E-state index < -0.39 is 0 Å². The fourth-order valence-electron chi connectivity index (χ4n) is 4.24. The van der Waals surface area contributed by atoms with Gasteiger partial charge in [0.1, 0.15) is 0 Å². The molecule has 88 valence electrons. The van der Waals surface area contributed by atoms with Crippen LogP contribution in [-0.4, -0.2) is 12.6 Å². The number of hydrogen-bond donors (Lipinski definition) is 1. The molecule has 0 heterocycles. The summed E-state index contributed by atoms with van der Waals surface area (Å²) in [6.07, 6.45) is 8.77. The molecule has 2 saturated carbocycles. The van der Waals surface area contributed by atoms with Crippen molar-refractivity contribution in [2.45, 2.75) is 65.3 Å². The molecule has 0 aromatic rings. The lowest BCUT2D eigenvalue weighted by molar-refractivity contribution is -0.0824. The van der Waals surface area contributed by atoms with Gasteiger partial charge in [-0.25, -0.2) is 0 Å². The van der Waals surface area contributed by atoms with Gasteiger partial charge in [-0.15, -0.1) is 0 Å². The van der Waals surface area contributed by atoms with Crippen LogP contribution < -0.4 is 5.32 Å². The first-order valence-electron chi connectivity index (χ1n) is 6.97. The normalized spacial score (nSPS) is 45.4. The van der Waals surface area contributed by atoms with Crippen LogP contribution in [-0.2, 0) is 0 Å². The van der Waals surface area contributed by atoms with Crippen LogP contribution in [0, 0.1) is 17.3 Å². The molecule has 0 aliphatic heterocycles. The van der Waals surface area contributed by atoms with Gasteiger partial charge in [0.25, 0.3) is 0 Å². The highest BCUT2D eigenvalue weighted by Gasteiger charge is 2.56. The SMILES string of the molecule is CCNC1C2CCCCCC2C1(C)CC. The van der Waals surface area contributed by atoms with E-state index in [2.05, 4.69) is 26.1 Å². The van der Waals surface area contributed by atoms with Gasteiger partial charge in [0.05, 0.1) is 0 Å². The molecule has 4 unspecified atom stereocenters.